The van der Waals surface area contributed by atoms with E-state index in [1.807, 2.05) is 6.07 Å². The fourth-order valence-corrected chi connectivity index (χ4v) is 1.69. The Balaban J connectivity index is 1.99. The van der Waals surface area contributed by atoms with E-state index in [0.29, 0.717) is 5.75 Å². The molecule has 1 fully saturated rings. The highest BCUT2D eigenvalue weighted by atomic mass is 16.5. The number of pyridine rings is 1. The number of nitrogens with zero attached hydrogens (tertiary/aromatic N) is 1. The van der Waals surface area contributed by atoms with Gasteiger partial charge in [-0.2, -0.15) is 0 Å². The van der Waals surface area contributed by atoms with E-state index in [9.17, 15) is 5.11 Å². The summed E-state index contributed by atoms with van der Waals surface area (Å²) in [6.07, 6.45) is 4.19. The molecule has 4 nitrogen and oxygen atoms in total. The molecule has 76 valence electrons. The fraction of sp³-hybridized carbons (Fsp3) is 0.500. The summed E-state index contributed by atoms with van der Waals surface area (Å²) in [5.41, 5.74) is 5.68. The van der Waals surface area contributed by atoms with Crippen molar-refractivity contribution in [2.24, 2.45) is 5.73 Å². The third kappa shape index (κ3) is 1.86. The molecular weight excluding hydrogens is 180 g/mol. The Labute approximate surface area is 82.7 Å². The summed E-state index contributed by atoms with van der Waals surface area (Å²) < 4.78 is 5.57. The van der Waals surface area contributed by atoms with Gasteiger partial charge in [-0.1, -0.05) is 0 Å². The summed E-state index contributed by atoms with van der Waals surface area (Å²) in [4.78, 5) is 3.93. The van der Waals surface area contributed by atoms with E-state index in [-0.39, 0.29) is 12.1 Å². The van der Waals surface area contributed by atoms with Crippen LogP contribution < -0.4 is 10.5 Å². The number of aliphatic hydroxyl groups is 1. The summed E-state index contributed by atoms with van der Waals surface area (Å²) in [5.74, 6) is 0.686. The molecule has 0 saturated heterocycles. The van der Waals surface area contributed by atoms with Crippen LogP contribution in [0.2, 0.25) is 0 Å². The van der Waals surface area contributed by atoms with Crippen molar-refractivity contribution in [3.8, 4) is 5.75 Å². The molecule has 0 amide bonds. The predicted octanol–water partition coefficient (Wildman–Crippen LogP) is 0.311. The molecule has 3 atom stereocenters. The van der Waals surface area contributed by atoms with Gasteiger partial charge in [0, 0.05) is 12.2 Å². The number of hydrogen-bond donors (Lipinski definition) is 2. The van der Waals surface area contributed by atoms with Crippen molar-refractivity contribution in [3.63, 3.8) is 0 Å². The maximum absolute atomic E-state index is 9.65. The average Bonchev–Trinajstić information content (AvgIpc) is 2.52. The number of hydrogen-bond acceptors (Lipinski definition) is 4. The number of nitrogens with two attached hydrogens (primary N) is 1. The molecule has 0 radical (unpaired) electrons. The molecule has 4 heteroatoms. The van der Waals surface area contributed by atoms with Crippen LogP contribution in [0.5, 0.6) is 5.75 Å². The predicted molar refractivity (Wildman–Crippen MR) is 51.9 cm³/mol. The topological polar surface area (TPSA) is 68.4 Å². The first kappa shape index (κ1) is 9.43. The summed E-state index contributed by atoms with van der Waals surface area (Å²) in [6, 6.07) is 3.47. The SMILES string of the molecule is NC1CCC(Oc2cccnc2)C1O. The molecule has 1 aliphatic carbocycles. The summed E-state index contributed by atoms with van der Waals surface area (Å²) in [7, 11) is 0. The van der Waals surface area contributed by atoms with Gasteiger partial charge in [-0.05, 0) is 25.0 Å². The molecule has 14 heavy (non-hydrogen) atoms. The highest BCUT2D eigenvalue weighted by Crippen LogP contribution is 2.23. The third-order valence-corrected chi connectivity index (χ3v) is 2.53. The van der Waals surface area contributed by atoms with Crippen molar-refractivity contribution in [3.05, 3.63) is 24.5 Å². The zero-order valence-corrected chi connectivity index (χ0v) is 7.84. The van der Waals surface area contributed by atoms with Crippen LogP contribution in [0, 0.1) is 0 Å². The molecule has 0 bridgehead atoms. The first-order chi connectivity index (χ1) is 6.77. The Morgan fingerprint density at radius 1 is 1.50 bits per heavy atom. The van der Waals surface area contributed by atoms with Crippen molar-refractivity contribution in [1.82, 2.24) is 4.98 Å². The lowest BCUT2D eigenvalue weighted by Crippen LogP contribution is -2.37. The lowest BCUT2D eigenvalue weighted by atomic mass is 10.2. The Kier molecular flexibility index (Phi) is 2.65. The molecule has 2 rings (SSSR count). The first-order valence-electron chi connectivity index (χ1n) is 4.77. The van der Waals surface area contributed by atoms with Crippen molar-refractivity contribution in [2.45, 2.75) is 31.1 Å². The molecule has 1 heterocycles. The highest BCUT2D eigenvalue weighted by molar-refractivity contribution is 5.16. The Bertz CT molecular complexity index is 291. The number of aromatic nitrogens is 1. The lowest BCUT2D eigenvalue weighted by Gasteiger charge is -2.18. The van der Waals surface area contributed by atoms with Gasteiger partial charge in [-0.15, -0.1) is 0 Å². The second kappa shape index (κ2) is 3.94. The van der Waals surface area contributed by atoms with Gasteiger partial charge in [-0.3, -0.25) is 4.98 Å². The van der Waals surface area contributed by atoms with Gasteiger partial charge in [0.1, 0.15) is 18.0 Å². The van der Waals surface area contributed by atoms with Crippen LogP contribution >= 0.6 is 0 Å². The van der Waals surface area contributed by atoms with Crippen LogP contribution in [0.4, 0.5) is 0 Å². The largest absolute Gasteiger partial charge is 0.486 e. The van der Waals surface area contributed by atoms with Gasteiger partial charge >= 0.3 is 0 Å². The van der Waals surface area contributed by atoms with Gasteiger partial charge in [0.05, 0.1) is 6.20 Å². The van der Waals surface area contributed by atoms with E-state index in [1.54, 1.807) is 18.5 Å². The van der Waals surface area contributed by atoms with Crippen LogP contribution in [0.15, 0.2) is 24.5 Å². The Morgan fingerprint density at radius 3 is 2.93 bits per heavy atom. The van der Waals surface area contributed by atoms with E-state index in [1.165, 1.54) is 0 Å². The molecule has 0 aliphatic heterocycles. The van der Waals surface area contributed by atoms with Crippen molar-refractivity contribution < 1.29 is 9.84 Å². The van der Waals surface area contributed by atoms with E-state index in [0.717, 1.165) is 12.8 Å². The van der Waals surface area contributed by atoms with Gasteiger partial charge in [0.2, 0.25) is 0 Å². The van der Waals surface area contributed by atoms with E-state index >= 15 is 0 Å². The van der Waals surface area contributed by atoms with Crippen LogP contribution in [-0.4, -0.2) is 28.3 Å². The van der Waals surface area contributed by atoms with Crippen LogP contribution in [0.1, 0.15) is 12.8 Å². The van der Waals surface area contributed by atoms with Crippen LogP contribution in [0.25, 0.3) is 0 Å². The van der Waals surface area contributed by atoms with Gasteiger partial charge in [-0.25, -0.2) is 0 Å². The molecular formula is C10H14N2O2. The maximum atomic E-state index is 9.65. The van der Waals surface area contributed by atoms with E-state index in [4.69, 9.17) is 10.5 Å². The quantitative estimate of drug-likeness (QED) is 0.711. The molecule has 1 saturated carbocycles. The van der Waals surface area contributed by atoms with Crippen molar-refractivity contribution in [2.75, 3.05) is 0 Å². The second-order valence-corrected chi connectivity index (χ2v) is 3.58. The molecule has 3 N–H and O–H groups in total. The minimum Gasteiger partial charge on any atom is -0.486 e. The number of ether oxygens (including phenoxy) is 1. The smallest absolute Gasteiger partial charge is 0.138 e. The zero-order chi connectivity index (χ0) is 9.97. The molecule has 0 spiro atoms. The van der Waals surface area contributed by atoms with Gasteiger partial charge in [0.25, 0.3) is 0 Å². The molecule has 1 aliphatic rings. The van der Waals surface area contributed by atoms with E-state index < -0.39 is 6.10 Å². The summed E-state index contributed by atoms with van der Waals surface area (Å²) in [6.45, 7) is 0. The lowest BCUT2D eigenvalue weighted by molar-refractivity contribution is 0.0519. The molecule has 0 aromatic carbocycles. The minimum absolute atomic E-state index is 0.156. The summed E-state index contributed by atoms with van der Waals surface area (Å²) in [5, 5.41) is 9.65. The first-order valence-corrected chi connectivity index (χ1v) is 4.77. The van der Waals surface area contributed by atoms with Crippen molar-refractivity contribution >= 4 is 0 Å². The molecule has 3 unspecified atom stereocenters. The Morgan fingerprint density at radius 2 is 2.36 bits per heavy atom. The second-order valence-electron chi connectivity index (χ2n) is 3.58. The van der Waals surface area contributed by atoms with Crippen LogP contribution in [-0.2, 0) is 0 Å². The summed E-state index contributed by atoms with van der Waals surface area (Å²) >= 11 is 0. The minimum atomic E-state index is -0.560. The normalized spacial score (nSPS) is 31.7. The van der Waals surface area contributed by atoms with E-state index in [2.05, 4.69) is 4.98 Å². The van der Waals surface area contributed by atoms with Gasteiger partial charge in [0.15, 0.2) is 0 Å². The highest BCUT2D eigenvalue weighted by Gasteiger charge is 2.33. The van der Waals surface area contributed by atoms with Crippen LogP contribution in [0.3, 0.4) is 0 Å². The standard InChI is InChI=1S/C10H14N2O2/c11-8-3-4-9(10(8)13)14-7-2-1-5-12-6-7/h1-2,5-6,8-10,13H,3-4,11H2. The fourth-order valence-electron chi connectivity index (χ4n) is 1.69. The Hall–Kier alpha value is -1.13. The van der Waals surface area contributed by atoms with Gasteiger partial charge < -0.3 is 15.6 Å². The van der Waals surface area contributed by atoms with Crippen molar-refractivity contribution in [1.29, 1.82) is 0 Å². The zero-order valence-electron chi connectivity index (χ0n) is 7.84. The molecule has 1 aromatic rings. The number of rotatable bonds is 2. The molecule has 1 aromatic heterocycles. The number of aliphatic hydroxyl groups excluding tert-OH is 1. The average molecular weight is 194 g/mol. The third-order valence-electron chi connectivity index (χ3n) is 2.53. The monoisotopic (exact) mass is 194 g/mol. The maximum Gasteiger partial charge on any atom is 0.138 e.